The average molecular weight is 267 g/mol. The maximum absolute atomic E-state index is 10.9. The molecule has 3 heteroatoms. The number of carbonyl (C=O) groups is 1. The summed E-state index contributed by atoms with van der Waals surface area (Å²) in [5.41, 5.74) is 0. The molecule has 2 heterocycles. The van der Waals surface area contributed by atoms with Crippen LogP contribution >= 0.6 is 0 Å². The molecule has 3 nitrogen and oxygen atoms in total. The van der Waals surface area contributed by atoms with Crippen LogP contribution in [0.4, 0.5) is 0 Å². The van der Waals surface area contributed by atoms with Crippen LogP contribution in [0.1, 0.15) is 59.3 Å². The molecule has 2 saturated heterocycles. The van der Waals surface area contributed by atoms with E-state index < -0.39 is 5.97 Å². The number of aliphatic carboxylic acids is 1. The molecule has 19 heavy (non-hydrogen) atoms. The van der Waals surface area contributed by atoms with Gasteiger partial charge < -0.3 is 5.11 Å². The van der Waals surface area contributed by atoms with Gasteiger partial charge in [-0.05, 0) is 49.9 Å². The Morgan fingerprint density at radius 2 is 1.79 bits per heavy atom. The van der Waals surface area contributed by atoms with E-state index >= 15 is 0 Å². The van der Waals surface area contributed by atoms with Gasteiger partial charge in [-0.15, -0.1) is 0 Å². The second-order valence-electron chi connectivity index (χ2n) is 7.25. The molecule has 0 saturated carbocycles. The van der Waals surface area contributed by atoms with E-state index in [9.17, 15) is 4.79 Å². The molecule has 3 unspecified atom stereocenters. The first kappa shape index (κ1) is 14.8. The number of fused-ring (bicyclic) bond motifs is 2. The van der Waals surface area contributed by atoms with Crippen molar-refractivity contribution in [3.05, 3.63) is 0 Å². The number of nitrogens with zero attached hydrogens (tertiary/aromatic N) is 1. The topological polar surface area (TPSA) is 40.5 Å². The molecule has 1 N–H and O–H groups in total. The van der Waals surface area contributed by atoms with Gasteiger partial charge in [0.15, 0.2) is 0 Å². The smallest absolute Gasteiger partial charge is 0.303 e. The van der Waals surface area contributed by atoms with E-state index in [2.05, 4.69) is 25.7 Å². The number of hydrogen-bond donors (Lipinski definition) is 1. The molecule has 0 radical (unpaired) electrons. The number of carboxylic acid groups (broad SMARTS) is 1. The first-order chi connectivity index (χ1) is 8.95. The molecule has 0 aromatic heterocycles. The molecule has 0 amide bonds. The van der Waals surface area contributed by atoms with Crippen molar-refractivity contribution in [2.24, 2.45) is 17.8 Å². The minimum atomic E-state index is -0.619. The quantitative estimate of drug-likeness (QED) is 0.802. The normalized spacial score (nSPS) is 32.7. The van der Waals surface area contributed by atoms with Gasteiger partial charge in [0.25, 0.3) is 0 Å². The van der Waals surface area contributed by atoms with E-state index in [1.807, 2.05) is 0 Å². The molecule has 0 aliphatic carbocycles. The third-order valence-corrected chi connectivity index (χ3v) is 4.84. The van der Waals surface area contributed by atoms with Crippen molar-refractivity contribution in [3.63, 3.8) is 0 Å². The summed E-state index contributed by atoms with van der Waals surface area (Å²) in [6.07, 6.45) is 6.47. The highest BCUT2D eigenvalue weighted by Crippen LogP contribution is 2.40. The highest BCUT2D eigenvalue weighted by molar-refractivity contribution is 5.67. The Balaban J connectivity index is 1.86. The molecular formula is C16H29NO2. The third-order valence-electron chi connectivity index (χ3n) is 4.84. The van der Waals surface area contributed by atoms with Gasteiger partial charge in [-0.2, -0.15) is 0 Å². The molecule has 3 atom stereocenters. The van der Waals surface area contributed by atoms with Gasteiger partial charge in [-0.25, -0.2) is 0 Å². The Morgan fingerprint density at radius 1 is 1.21 bits per heavy atom. The summed E-state index contributed by atoms with van der Waals surface area (Å²) in [4.78, 5) is 13.6. The van der Waals surface area contributed by atoms with Gasteiger partial charge in [-0.1, -0.05) is 20.8 Å². The molecule has 0 spiro atoms. The predicted octanol–water partition coefficient (Wildman–Crippen LogP) is 3.39. The fourth-order valence-electron chi connectivity index (χ4n) is 4.34. The largest absolute Gasteiger partial charge is 0.481 e. The van der Waals surface area contributed by atoms with Gasteiger partial charge in [-0.3, -0.25) is 9.69 Å². The van der Waals surface area contributed by atoms with E-state index in [0.717, 1.165) is 24.7 Å². The lowest BCUT2D eigenvalue weighted by Crippen LogP contribution is -2.45. The van der Waals surface area contributed by atoms with E-state index in [1.165, 1.54) is 25.8 Å². The highest BCUT2D eigenvalue weighted by Gasteiger charge is 2.41. The van der Waals surface area contributed by atoms with Crippen LogP contribution in [0.2, 0.25) is 0 Å². The maximum Gasteiger partial charge on any atom is 0.303 e. The van der Waals surface area contributed by atoms with Crippen molar-refractivity contribution in [2.45, 2.75) is 71.4 Å². The van der Waals surface area contributed by atoms with E-state index in [1.54, 1.807) is 0 Å². The van der Waals surface area contributed by atoms with Crippen molar-refractivity contribution in [3.8, 4) is 0 Å². The molecule has 2 rings (SSSR count). The Kier molecular flexibility index (Phi) is 4.88. The Morgan fingerprint density at radius 3 is 2.26 bits per heavy atom. The number of piperidine rings is 1. The Hall–Kier alpha value is -0.570. The van der Waals surface area contributed by atoms with E-state index in [-0.39, 0.29) is 0 Å². The highest BCUT2D eigenvalue weighted by atomic mass is 16.4. The lowest BCUT2D eigenvalue weighted by atomic mass is 9.87. The fourth-order valence-corrected chi connectivity index (χ4v) is 4.34. The van der Waals surface area contributed by atoms with E-state index in [0.29, 0.717) is 24.4 Å². The third kappa shape index (κ3) is 3.95. The fraction of sp³-hybridized carbons (Fsp3) is 0.938. The predicted molar refractivity (Wildman–Crippen MR) is 77.1 cm³/mol. The monoisotopic (exact) mass is 267 g/mol. The van der Waals surface area contributed by atoms with E-state index in [4.69, 9.17) is 5.11 Å². The Bertz CT molecular complexity index is 302. The first-order valence-corrected chi connectivity index (χ1v) is 7.93. The van der Waals surface area contributed by atoms with Crippen molar-refractivity contribution in [1.29, 1.82) is 0 Å². The van der Waals surface area contributed by atoms with Gasteiger partial charge in [0, 0.05) is 25.0 Å². The van der Waals surface area contributed by atoms with Crippen LogP contribution in [0.5, 0.6) is 0 Å². The molecule has 2 aliphatic heterocycles. The number of carboxylic acids is 1. The second kappa shape index (κ2) is 6.25. The molecule has 110 valence electrons. The minimum Gasteiger partial charge on any atom is -0.481 e. The molecule has 0 aromatic rings. The standard InChI is InChI=1S/C16H29NO2/c1-11(2)6-12(3)10-17-14-4-5-15(17)8-13(7-14)9-16(18)19/h11-15H,4-10H2,1-3H3,(H,18,19). The lowest BCUT2D eigenvalue weighted by Gasteiger charge is -2.40. The molecular weight excluding hydrogens is 238 g/mol. The van der Waals surface area contributed by atoms with Crippen LogP contribution in [0, 0.1) is 17.8 Å². The SMILES string of the molecule is CC(C)CC(C)CN1C2CCC1CC(CC(=O)O)C2. The summed E-state index contributed by atoms with van der Waals surface area (Å²) in [5, 5.41) is 8.96. The number of hydrogen-bond acceptors (Lipinski definition) is 2. The zero-order valence-electron chi connectivity index (χ0n) is 12.6. The summed E-state index contributed by atoms with van der Waals surface area (Å²) in [6.45, 7) is 8.17. The molecule has 2 fully saturated rings. The Labute approximate surface area is 117 Å². The molecule has 2 bridgehead atoms. The van der Waals surface area contributed by atoms with Crippen LogP contribution in [0.3, 0.4) is 0 Å². The van der Waals surface area contributed by atoms with Gasteiger partial charge in [0.1, 0.15) is 0 Å². The summed E-state index contributed by atoms with van der Waals surface area (Å²) < 4.78 is 0. The van der Waals surface area contributed by atoms with Crippen molar-refractivity contribution in [1.82, 2.24) is 4.90 Å². The van der Waals surface area contributed by atoms with Crippen molar-refractivity contribution >= 4 is 5.97 Å². The molecule has 2 aliphatic rings. The minimum absolute atomic E-state index is 0.377. The summed E-state index contributed by atoms with van der Waals surface area (Å²) in [5.74, 6) is 1.34. The number of rotatable bonds is 6. The zero-order valence-corrected chi connectivity index (χ0v) is 12.6. The van der Waals surface area contributed by atoms with Crippen LogP contribution < -0.4 is 0 Å². The van der Waals surface area contributed by atoms with Crippen LogP contribution in [-0.4, -0.2) is 34.6 Å². The van der Waals surface area contributed by atoms with Crippen molar-refractivity contribution in [2.75, 3.05) is 6.54 Å². The summed E-state index contributed by atoms with van der Waals surface area (Å²) in [7, 11) is 0. The average Bonchev–Trinajstić information content (AvgIpc) is 2.52. The first-order valence-electron chi connectivity index (χ1n) is 7.93. The molecule has 0 aromatic carbocycles. The summed E-state index contributed by atoms with van der Waals surface area (Å²) >= 11 is 0. The van der Waals surface area contributed by atoms with Crippen LogP contribution in [-0.2, 0) is 4.79 Å². The zero-order chi connectivity index (χ0) is 14.0. The van der Waals surface area contributed by atoms with Gasteiger partial charge in [0.05, 0.1) is 0 Å². The maximum atomic E-state index is 10.9. The van der Waals surface area contributed by atoms with Crippen LogP contribution in [0.15, 0.2) is 0 Å². The van der Waals surface area contributed by atoms with Gasteiger partial charge in [0.2, 0.25) is 0 Å². The lowest BCUT2D eigenvalue weighted by molar-refractivity contribution is -0.138. The van der Waals surface area contributed by atoms with Crippen LogP contribution in [0.25, 0.3) is 0 Å². The second-order valence-corrected chi connectivity index (χ2v) is 7.25. The van der Waals surface area contributed by atoms with Gasteiger partial charge >= 0.3 is 5.97 Å². The summed E-state index contributed by atoms with van der Waals surface area (Å²) in [6, 6.07) is 1.33. The van der Waals surface area contributed by atoms with Crippen molar-refractivity contribution < 1.29 is 9.90 Å².